The summed E-state index contributed by atoms with van der Waals surface area (Å²) in [5.41, 5.74) is 3.86. The fraction of sp³-hybridized carbons (Fsp3) is 0.462. The molecule has 3 nitrogen and oxygen atoms in total. The highest BCUT2D eigenvalue weighted by Crippen LogP contribution is 2.31. The molecular weight excluding hydrogens is 276 g/mol. The third kappa shape index (κ3) is 4.80. The molecule has 20 heavy (non-hydrogen) atoms. The lowest BCUT2D eigenvalue weighted by Crippen LogP contribution is -2.26. The SMILES string of the molecule is CC(N)CCCNC(=O)c1ccc(F)c(C(F)(F)F)c1. The Morgan fingerprint density at radius 2 is 2.05 bits per heavy atom. The Balaban J connectivity index is 2.70. The van der Waals surface area contributed by atoms with Gasteiger partial charge in [-0.3, -0.25) is 4.79 Å². The number of carbonyl (C=O) groups is 1. The van der Waals surface area contributed by atoms with Gasteiger partial charge in [0.2, 0.25) is 0 Å². The number of hydrogen-bond donors (Lipinski definition) is 2. The average molecular weight is 292 g/mol. The molecule has 3 N–H and O–H groups in total. The summed E-state index contributed by atoms with van der Waals surface area (Å²) >= 11 is 0. The van der Waals surface area contributed by atoms with Crippen LogP contribution in [-0.4, -0.2) is 18.5 Å². The fourth-order valence-corrected chi connectivity index (χ4v) is 1.61. The zero-order valence-electron chi connectivity index (χ0n) is 10.9. The quantitative estimate of drug-likeness (QED) is 0.647. The van der Waals surface area contributed by atoms with Gasteiger partial charge in [0, 0.05) is 18.2 Å². The Morgan fingerprint density at radius 3 is 2.60 bits per heavy atom. The van der Waals surface area contributed by atoms with Gasteiger partial charge in [0.05, 0.1) is 5.56 Å². The van der Waals surface area contributed by atoms with Crippen LogP contribution in [0.25, 0.3) is 0 Å². The Labute approximate surface area is 114 Å². The van der Waals surface area contributed by atoms with E-state index in [-0.39, 0.29) is 11.6 Å². The first-order chi connectivity index (χ1) is 9.21. The van der Waals surface area contributed by atoms with Crippen LogP contribution in [0.1, 0.15) is 35.7 Å². The number of amides is 1. The number of carbonyl (C=O) groups excluding carboxylic acids is 1. The average Bonchev–Trinajstić information content (AvgIpc) is 2.33. The molecule has 0 radical (unpaired) electrons. The molecule has 112 valence electrons. The van der Waals surface area contributed by atoms with E-state index >= 15 is 0 Å². The van der Waals surface area contributed by atoms with Crippen molar-refractivity contribution in [1.29, 1.82) is 0 Å². The molecule has 0 aliphatic carbocycles. The Bertz CT molecular complexity index is 472. The van der Waals surface area contributed by atoms with E-state index in [0.29, 0.717) is 31.5 Å². The molecule has 1 unspecified atom stereocenters. The molecule has 1 rings (SSSR count). The van der Waals surface area contributed by atoms with Gasteiger partial charge in [0.25, 0.3) is 5.91 Å². The number of nitrogens with one attached hydrogen (secondary N) is 1. The van der Waals surface area contributed by atoms with E-state index in [9.17, 15) is 22.4 Å². The Kier molecular flexibility index (Phi) is 5.50. The van der Waals surface area contributed by atoms with E-state index in [0.717, 1.165) is 6.07 Å². The predicted octanol–water partition coefficient (Wildman–Crippen LogP) is 2.70. The van der Waals surface area contributed by atoms with Crippen molar-refractivity contribution in [2.75, 3.05) is 6.54 Å². The van der Waals surface area contributed by atoms with Crippen molar-refractivity contribution in [2.24, 2.45) is 5.73 Å². The minimum atomic E-state index is -4.82. The number of hydrogen-bond acceptors (Lipinski definition) is 2. The van der Waals surface area contributed by atoms with Crippen molar-refractivity contribution in [3.05, 3.63) is 35.1 Å². The summed E-state index contributed by atoms with van der Waals surface area (Å²) in [4.78, 5) is 11.6. The maximum absolute atomic E-state index is 13.1. The molecule has 0 saturated heterocycles. The molecule has 0 aromatic heterocycles. The second kappa shape index (κ2) is 6.69. The largest absolute Gasteiger partial charge is 0.419 e. The van der Waals surface area contributed by atoms with E-state index in [1.807, 2.05) is 6.92 Å². The van der Waals surface area contributed by atoms with E-state index in [4.69, 9.17) is 5.73 Å². The summed E-state index contributed by atoms with van der Waals surface area (Å²) in [7, 11) is 0. The highest BCUT2D eigenvalue weighted by molar-refractivity contribution is 5.94. The van der Waals surface area contributed by atoms with Crippen LogP contribution in [0.15, 0.2) is 18.2 Å². The van der Waals surface area contributed by atoms with Crippen molar-refractivity contribution in [3.63, 3.8) is 0 Å². The zero-order valence-corrected chi connectivity index (χ0v) is 10.9. The smallest absolute Gasteiger partial charge is 0.352 e. The summed E-state index contributed by atoms with van der Waals surface area (Å²) < 4.78 is 50.6. The Morgan fingerprint density at radius 1 is 1.40 bits per heavy atom. The zero-order chi connectivity index (χ0) is 15.3. The maximum atomic E-state index is 13.1. The first-order valence-electron chi connectivity index (χ1n) is 6.12. The van der Waals surface area contributed by atoms with E-state index in [2.05, 4.69) is 5.32 Å². The van der Waals surface area contributed by atoms with Gasteiger partial charge >= 0.3 is 6.18 Å². The maximum Gasteiger partial charge on any atom is 0.419 e. The number of benzene rings is 1. The lowest BCUT2D eigenvalue weighted by Gasteiger charge is -2.11. The third-order valence-electron chi connectivity index (χ3n) is 2.66. The number of alkyl halides is 3. The van der Waals surface area contributed by atoms with Crippen LogP contribution in [-0.2, 0) is 6.18 Å². The van der Waals surface area contributed by atoms with E-state index < -0.39 is 23.5 Å². The summed E-state index contributed by atoms with van der Waals surface area (Å²) in [5.74, 6) is -2.06. The highest BCUT2D eigenvalue weighted by atomic mass is 19.4. The van der Waals surface area contributed by atoms with Crippen LogP contribution in [0.5, 0.6) is 0 Å². The van der Waals surface area contributed by atoms with Crippen LogP contribution in [0.4, 0.5) is 17.6 Å². The molecule has 0 aliphatic rings. The van der Waals surface area contributed by atoms with Gasteiger partial charge in [0.1, 0.15) is 5.82 Å². The van der Waals surface area contributed by atoms with Crippen molar-refractivity contribution >= 4 is 5.91 Å². The van der Waals surface area contributed by atoms with Crippen LogP contribution >= 0.6 is 0 Å². The van der Waals surface area contributed by atoms with Crippen molar-refractivity contribution < 1.29 is 22.4 Å². The molecule has 0 bridgehead atoms. The molecule has 1 aromatic carbocycles. The molecule has 1 atom stereocenters. The Hall–Kier alpha value is -1.63. The van der Waals surface area contributed by atoms with Gasteiger partial charge in [-0.1, -0.05) is 0 Å². The normalized spacial score (nSPS) is 13.1. The highest BCUT2D eigenvalue weighted by Gasteiger charge is 2.34. The molecule has 0 fully saturated rings. The number of halogens is 4. The van der Waals surface area contributed by atoms with Crippen LogP contribution < -0.4 is 11.1 Å². The lowest BCUT2D eigenvalue weighted by molar-refractivity contribution is -0.140. The van der Waals surface area contributed by atoms with Gasteiger partial charge in [-0.2, -0.15) is 13.2 Å². The van der Waals surface area contributed by atoms with Crippen LogP contribution in [0, 0.1) is 5.82 Å². The van der Waals surface area contributed by atoms with E-state index in [1.54, 1.807) is 0 Å². The predicted molar refractivity (Wildman–Crippen MR) is 66.6 cm³/mol. The summed E-state index contributed by atoms with van der Waals surface area (Å²) in [6.45, 7) is 2.12. The van der Waals surface area contributed by atoms with E-state index in [1.165, 1.54) is 0 Å². The van der Waals surface area contributed by atoms with Gasteiger partial charge in [-0.25, -0.2) is 4.39 Å². The summed E-state index contributed by atoms with van der Waals surface area (Å²) in [5, 5.41) is 2.47. The topological polar surface area (TPSA) is 55.1 Å². The van der Waals surface area contributed by atoms with Crippen LogP contribution in [0.2, 0.25) is 0 Å². The monoisotopic (exact) mass is 292 g/mol. The first kappa shape index (κ1) is 16.4. The van der Waals surface area contributed by atoms with Gasteiger partial charge < -0.3 is 11.1 Å². The number of rotatable bonds is 5. The first-order valence-corrected chi connectivity index (χ1v) is 6.12. The minimum absolute atomic E-state index is 0.00504. The molecule has 1 amide bonds. The number of nitrogens with two attached hydrogens (primary N) is 1. The van der Waals surface area contributed by atoms with Gasteiger partial charge in [-0.05, 0) is 38.0 Å². The lowest BCUT2D eigenvalue weighted by atomic mass is 10.1. The van der Waals surface area contributed by atoms with Crippen molar-refractivity contribution in [1.82, 2.24) is 5.32 Å². The summed E-state index contributed by atoms with van der Waals surface area (Å²) in [6.07, 6.45) is -3.51. The third-order valence-corrected chi connectivity index (χ3v) is 2.66. The molecule has 0 aliphatic heterocycles. The molecule has 7 heteroatoms. The molecule has 0 heterocycles. The van der Waals surface area contributed by atoms with Crippen molar-refractivity contribution in [2.45, 2.75) is 32.0 Å². The minimum Gasteiger partial charge on any atom is -0.352 e. The second-order valence-electron chi connectivity index (χ2n) is 4.57. The molecule has 0 saturated carbocycles. The van der Waals surface area contributed by atoms with Crippen LogP contribution in [0.3, 0.4) is 0 Å². The molecule has 0 spiro atoms. The second-order valence-corrected chi connectivity index (χ2v) is 4.57. The molecular formula is C13H16F4N2O. The molecule has 1 aromatic rings. The summed E-state index contributed by atoms with van der Waals surface area (Å²) in [6, 6.07) is 2.16. The fourth-order valence-electron chi connectivity index (χ4n) is 1.61. The van der Waals surface area contributed by atoms with Gasteiger partial charge in [0.15, 0.2) is 0 Å². The van der Waals surface area contributed by atoms with Gasteiger partial charge in [-0.15, -0.1) is 0 Å². The van der Waals surface area contributed by atoms with Crippen molar-refractivity contribution in [3.8, 4) is 0 Å². The standard InChI is InChI=1S/C13H16F4N2O/c1-8(18)3-2-6-19-12(20)9-4-5-11(14)10(7-9)13(15,16)17/h4-5,7-8H,2-3,6,18H2,1H3,(H,19,20).